The number of hydrogen-bond acceptors (Lipinski definition) is 2. The van der Waals surface area contributed by atoms with Crippen LogP contribution in [0.15, 0.2) is 49.1 Å². The summed E-state index contributed by atoms with van der Waals surface area (Å²) in [6.07, 6.45) is 9.01. The van der Waals surface area contributed by atoms with E-state index >= 15 is 0 Å². The summed E-state index contributed by atoms with van der Waals surface area (Å²) in [6, 6.07) is 8.20. The second-order valence-electron chi connectivity index (χ2n) is 3.81. The number of nitrogens with one attached hydrogen (secondary N) is 1. The van der Waals surface area contributed by atoms with Gasteiger partial charge in [-0.2, -0.15) is 0 Å². The number of rotatable bonds is 6. The first-order valence-corrected chi connectivity index (χ1v) is 5.65. The number of aromatic nitrogens is 2. The van der Waals surface area contributed by atoms with E-state index < -0.39 is 0 Å². The Hall–Kier alpha value is -1.61. The van der Waals surface area contributed by atoms with Crippen molar-refractivity contribution in [1.29, 1.82) is 0 Å². The molecular formula is C13H17N3. The third kappa shape index (κ3) is 3.51. The molecule has 2 aromatic rings. The molecule has 0 atom stereocenters. The van der Waals surface area contributed by atoms with Crippen LogP contribution in [0.1, 0.15) is 12.0 Å². The Morgan fingerprint density at radius 2 is 1.88 bits per heavy atom. The van der Waals surface area contributed by atoms with Gasteiger partial charge in [0.05, 0.1) is 0 Å². The van der Waals surface area contributed by atoms with Gasteiger partial charge in [0, 0.05) is 37.9 Å². The van der Waals surface area contributed by atoms with E-state index in [-0.39, 0.29) is 0 Å². The summed E-state index contributed by atoms with van der Waals surface area (Å²) in [5.74, 6) is 0. The number of aryl methyl sites for hydroxylation is 1. The molecule has 3 heteroatoms. The molecule has 0 amide bonds. The highest BCUT2D eigenvalue weighted by molar-refractivity contribution is 5.08. The van der Waals surface area contributed by atoms with Crippen LogP contribution in [0.4, 0.5) is 0 Å². The van der Waals surface area contributed by atoms with E-state index in [2.05, 4.69) is 39.4 Å². The Morgan fingerprint density at radius 1 is 1.12 bits per heavy atom. The minimum absolute atomic E-state index is 0.925. The quantitative estimate of drug-likeness (QED) is 0.747. The van der Waals surface area contributed by atoms with E-state index in [4.69, 9.17) is 0 Å². The van der Waals surface area contributed by atoms with Crippen LogP contribution in [0.25, 0.3) is 0 Å². The third-order valence-corrected chi connectivity index (χ3v) is 2.51. The molecule has 3 nitrogen and oxygen atoms in total. The molecule has 1 N–H and O–H groups in total. The van der Waals surface area contributed by atoms with Crippen LogP contribution in [-0.2, 0) is 13.1 Å². The normalized spacial score (nSPS) is 10.5. The van der Waals surface area contributed by atoms with Crippen LogP contribution in [0.3, 0.4) is 0 Å². The fourth-order valence-electron chi connectivity index (χ4n) is 1.64. The molecular weight excluding hydrogens is 198 g/mol. The first kappa shape index (κ1) is 10.9. The van der Waals surface area contributed by atoms with Crippen molar-refractivity contribution < 1.29 is 0 Å². The minimum Gasteiger partial charge on any atom is -0.354 e. The van der Waals surface area contributed by atoms with Crippen molar-refractivity contribution in [2.75, 3.05) is 6.54 Å². The lowest BCUT2D eigenvalue weighted by atomic mass is 10.2. The van der Waals surface area contributed by atoms with Gasteiger partial charge in [0.25, 0.3) is 0 Å². The Labute approximate surface area is 96.1 Å². The molecule has 2 aromatic heterocycles. The fraction of sp³-hybridized carbons (Fsp3) is 0.308. The van der Waals surface area contributed by atoms with E-state index in [0.29, 0.717) is 0 Å². The van der Waals surface area contributed by atoms with Gasteiger partial charge in [0.1, 0.15) is 0 Å². The Morgan fingerprint density at radius 3 is 2.62 bits per heavy atom. The first-order valence-electron chi connectivity index (χ1n) is 5.65. The maximum Gasteiger partial charge on any atom is 0.0271 e. The molecule has 0 radical (unpaired) electrons. The fourth-order valence-corrected chi connectivity index (χ4v) is 1.64. The van der Waals surface area contributed by atoms with Crippen molar-refractivity contribution in [3.05, 3.63) is 54.6 Å². The number of nitrogens with zero attached hydrogens (tertiary/aromatic N) is 2. The van der Waals surface area contributed by atoms with Crippen molar-refractivity contribution in [3.8, 4) is 0 Å². The van der Waals surface area contributed by atoms with Gasteiger partial charge < -0.3 is 9.88 Å². The zero-order valence-corrected chi connectivity index (χ0v) is 9.34. The van der Waals surface area contributed by atoms with Crippen LogP contribution >= 0.6 is 0 Å². The Balaban J connectivity index is 1.59. The lowest BCUT2D eigenvalue weighted by Crippen LogP contribution is -2.16. The molecule has 0 aromatic carbocycles. The molecule has 2 heterocycles. The highest BCUT2D eigenvalue weighted by Crippen LogP contribution is 1.96. The van der Waals surface area contributed by atoms with Gasteiger partial charge in [-0.25, -0.2) is 0 Å². The number of pyridine rings is 1. The van der Waals surface area contributed by atoms with Gasteiger partial charge in [-0.3, -0.25) is 4.98 Å². The average molecular weight is 215 g/mol. The third-order valence-electron chi connectivity index (χ3n) is 2.51. The maximum atomic E-state index is 3.99. The van der Waals surface area contributed by atoms with Crippen LogP contribution in [0.5, 0.6) is 0 Å². The van der Waals surface area contributed by atoms with Gasteiger partial charge >= 0.3 is 0 Å². The summed E-state index contributed by atoms with van der Waals surface area (Å²) in [7, 11) is 0. The summed E-state index contributed by atoms with van der Waals surface area (Å²) in [4.78, 5) is 3.99. The second-order valence-corrected chi connectivity index (χ2v) is 3.81. The van der Waals surface area contributed by atoms with E-state index in [9.17, 15) is 0 Å². The summed E-state index contributed by atoms with van der Waals surface area (Å²) in [6.45, 7) is 3.05. The van der Waals surface area contributed by atoms with E-state index in [1.54, 1.807) is 0 Å². The standard InChI is InChI=1S/C13H17N3/c1-2-10-16(9-1)11-3-6-15-12-13-4-7-14-8-5-13/h1-2,4-5,7-10,15H,3,6,11-12H2. The van der Waals surface area contributed by atoms with E-state index in [1.165, 1.54) is 5.56 Å². The lowest BCUT2D eigenvalue weighted by Gasteiger charge is -2.05. The van der Waals surface area contributed by atoms with Gasteiger partial charge in [-0.05, 0) is 42.8 Å². The van der Waals surface area contributed by atoms with Gasteiger partial charge in [0.15, 0.2) is 0 Å². The zero-order valence-electron chi connectivity index (χ0n) is 9.34. The van der Waals surface area contributed by atoms with E-state index in [0.717, 1.165) is 26.1 Å². The molecule has 84 valence electrons. The van der Waals surface area contributed by atoms with Crippen LogP contribution in [0.2, 0.25) is 0 Å². The molecule has 16 heavy (non-hydrogen) atoms. The Bertz CT molecular complexity index is 381. The molecule has 0 bridgehead atoms. The van der Waals surface area contributed by atoms with Crippen molar-refractivity contribution in [2.24, 2.45) is 0 Å². The maximum absolute atomic E-state index is 3.99. The molecule has 0 fully saturated rings. The highest BCUT2D eigenvalue weighted by Gasteiger charge is 1.92. The zero-order chi connectivity index (χ0) is 11.1. The Kier molecular flexibility index (Phi) is 4.14. The van der Waals surface area contributed by atoms with E-state index in [1.807, 2.05) is 24.5 Å². The van der Waals surface area contributed by atoms with Gasteiger partial charge in [-0.15, -0.1) is 0 Å². The second kappa shape index (κ2) is 6.08. The van der Waals surface area contributed by atoms with Crippen LogP contribution in [0, 0.1) is 0 Å². The molecule has 0 unspecified atom stereocenters. The van der Waals surface area contributed by atoms with Gasteiger partial charge in [-0.1, -0.05) is 0 Å². The summed E-state index contributed by atoms with van der Waals surface area (Å²) in [5.41, 5.74) is 1.29. The van der Waals surface area contributed by atoms with Crippen molar-refractivity contribution >= 4 is 0 Å². The molecule has 0 aliphatic carbocycles. The van der Waals surface area contributed by atoms with Gasteiger partial charge in [0.2, 0.25) is 0 Å². The lowest BCUT2D eigenvalue weighted by molar-refractivity contribution is 0.582. The topological polar surface area (TPSA) is 29.9 Å². The molecule has 0 aliphatic rings. The van der Waals surface area contributed by atoms with Crippen molar-refractivity contribution in [2.45, 2.75) is 19.5 Å². The summed E-state index contributed by atoms with van der Waals surface area (Å²) < 4.78 is 2.20. The predicted molar refractivity (Wildman–Crippen MR) is 65.0 cm³/mol. The SMILES string of the molecule is c1ccn(CCCNCc2ccncc2)c1. The number of hydrogen-bond donors (Lipinski definition) is 1. The largest absolute Gasteiger partial charge is 0.354 e. The van der Waals surface area contributed by atoms with Crippen LogP contribution in [-0.4, -0.2) is 16.1 Å². The molecule has 0 spiro atoms. The monoisotopic (exact) mass is 215 g/mol. The molecule has 2 rings (SSSR count). The predicted octanol–water partition coefficient (Wildman–Crippen LogP) is 2.06. The van der Waals surface area contributed by atoms with Crippen LogP contribution < -0.4 is 5.32 Å². The highest BCUT2D eigenvalue weighted by atomic mass is 14.9. The van der Waals surface area contributed by atoms with Crippen molar-refractivity contribution in [3.63, 3.8) is 0 Å². The summed E-state index contributed by atoms with van der Waals surface area (Å²) in [5, 5.41) is 3.42. The minimum atomic E-state index is 0.925. The molecule has 0 saturated carbocycles. The van der Waals surface area contributed by atoms with Crippen molar-refractivity contribution in [1.82, 2.24) is 14.9 Å². The molecule has 0 saturated heterocycles. The first-order chi connectivity index (χ1) is 7.95. The summed E-state index contributed by atoms with van der Waals surface area (Å²) >= 11 is 0. The smallest absolute Gasteiger partial charge is 0.0271 e. The molecule has 0 aliphatic heterocycles. The average Bonchev–Trinajstić information content (AvgIpc) is 2.83.